The number of likely N-dealkylation sites (tertiary alicyclic amines) is 1. The number of hydrogen-bond acceptors (Lipinski definition) is 11. The summed E-state index contributed by atoms with van der Waals surface area (Å²) in [6.45, 7) is 8.19. The number of fused-ring (bicyclic) bond motifs is 1. The molecule has 16 heteroatoms. The van der Waals surface area contributed by atoms with E-state index in [-0.39, 0.29) is 41.8 Å². The van der Waals surface area contributed by atoms with Crippen LogP contribution in [0.1, 0.15) is 49.9 Å². The minimum atomic E-state index is -0.600. The average molecular weight is 780 g/mol. The normalized spacial score (nSPS) is 20.3. The van der Waals surface area contributed by atoms with Gasteiger partial charge >= 0.3 is 0 Å². The average Bonchev–Trinajstić information content (AvgIpc) is 3.18. The zero-order valence-electron chi connectivity index (χ0n) is 30.7. The molecule has 4 aliphatic heterocycles. The predicted octanol–water partition coefficient (Wildman–Crippen LogP) is 3.42. The van der Waals surface area contributed by atoms with E-state index in [1.165, 1.54) is 12.1 Å². The number of aromatic nitrogens is 2. The molecule has 55 heavy (non-hydrogen) atoms. The zero-order valence-corrected chi connectivity index (χ0v) is 31.5. The van der Waals surface area contributed by atoms with Crippen LogP contribution in [0.15, 0.2) is 35.1 Å². The topological polar surface area (TPSA) is 160 Å². The van der Waals surface area contributed by atoms with Crippen LogP contribution < -0.4 is 21.1 Å². The van der Waals surface area contributed by atoms with E-state index in [1.54, 1.807) is 30.0 Å². The molecule has 2 aromatic carbocycles. The first-order chi connectivity index (χ1) is 26.7. The van der Waals surface area contributed by atoms with E-state index < -0.39 is 17.4 Å². The van der Waals surface area contributed by atoms with E-state index in [1.807, 2.05) is 0 Å². The van der Waals surface area contributed by atoms with Crippen molar-refractivity contribution in [3.8, 4) is 11.8 Å². The van der Waals surface area contributed by atoms with Gasteiger partial charge in [-0.3, -0.25) is 29.4 Å². The molecule has 294 valence electrons. The second kappa shape index (κ2) is 19.3. The molecule has 1 unspecified atom stereocenters. The van der Waals surface area contributed by atoms with Crippen LogP contribution in [0.5, 0.6) is 0 Å². The molecule has 0 aliphatic carbocycles. The molecular formula is C39H47F2N7O6S. The summed E-state index contributed by atoms with van der Waals surface area (Å²) in [5, 5.41) is 12.7. The first kappa shape index (κ1) is 40.1. The lowest BCUT2D eigenvalue weighted by atomic mass is 9.97. The molecule has 4 saturated heterocycles. The molecule has 0 radical (unpaired) electrons. The molecule has 2 amide bonds. The minimum absolute atomic E-state index is 0.0255. The number of nitrogens with one attached hydrogen (secondary N) is 3. The number of rotatable bonds is 9. The number of nitrogens with zero attached hydrogens (tertiary/aromatic N) is 4. The van der Waals surface area contributed by atoms with E-state index in [2.05, 4.69) is 47.1 Å². The highest BCUT2D eigenvalue weighted by Crippen LogP contribution is 2.27. The van der Waals surface area contributed by atoms with Gasteiger partial charge in [-0.2, -0.15) is 11.8 Å². The number of carboxylic acid groups (broad SMARTS) is 1. The summed E-state index contributed by atoms with van der Waals surface area (Å²) in [4.78, 5) is 58.8. The standard InChI is InChI=1S/C38H45F2N7O4S.CH2O2/c39-29-23-27(41-31-4-6-35(48)44-37(31)49)3-5-33(29)47-17-15-46(16-18-47)14-13-45-11-7-25(8-12-45)1-2-26-21-30(40)36-32(22-26)42-34(43-38(36)50)24-52-28-9-19-51-20-10-28;2-1-3/h3,5,21-23,25,28,31,41H,4,6-20,24H2,(H,42,43,50)(H,44,48,49);1H,(H,2,3). The highest BCUT2D eigenvalue weighted by atomic mass is 32.2. The lowest BCUT2D eigenvalue weighted by Gasteiger charge is -2.38. The number of hydrogen-bond donors (Lipinski definition) is 4. The van der Waals surface area contributed by atoms with Crippen molar-refractivity contribution in [1.82, 2.24) is 25.1 Å². The van der Waals surface area contributed by atoms with E-state index >= 15 is 8.78 Å². The monoisotopic (exact) mass is 779 g/mol. The van der Waals surface area contributed by atoms with Crippen LogP contribution >= 0.6 is 11.8 Å². The number of halogens is 2. The maximum absolute atomic E-state index is 15.1. The summed E-state index contributed by atoms with van der Waals surface area (Å²) < 4.78 is 35.5. The largest absolute Gasteiger partial charge is 0.483 e. The van der Waals surface area contributed by atoms with E-state index in [0.29, 0.717) is 45.7 Å². The van der Waals surface area contributed by atoms with Crippen molar-refractivity contribution in [3.63, 3.8) is 0 Å². The summed E-state index contributed by atoms with van der Waals surface area (Å²) in [6.07, 6.45) is 4.48. The Morgan fingerprint density at radius 2 is 1.65 bits per heavy atom. The number of amides is 2. The molecule has 5 heterocycles. The van der Waals surface area contributed by atoms with Gasteiger partial charge in [-0.25, -0.2) is 13.8 Å². The fourth-order valence-electron chi connectivity index (χ4n) is 7.32. The highest BCUT2D eigenvalue weighted by molar-refractivity contribution is 7.99. The van der Waals surface area contributed by atoms with Crippen molar-refractivity contribution in [1.29, 1.82) is 0 Å². The number of aromatic amines is 1. The summed E-state index contributed by atoms with van der Waals surface area (Å²) in [5.74, 6) is 6.25. The van der Waals surface area contributed by atoms with Crippen LogP contribution in [0.3, 0.4) is 0 Å². The zero-order chi connectivity index (χ0) is 38.7. The third-order valence-electron chi connectivity index (χ3n) is 10.4. The Labute approximate surface area is 322 Å². The molecule has 7 rings (SSSR count). The van der Waals surface area contributed by atoms with Crippen molar-refractivity contribution >= 4 is 52.3 Å². The Morgan fingerprint density at radius 3 is 2.35 bits per heavy atom. The molecule has 0 saturated carbocycles. The van der Waals surface area contributed by atoms with Gasteiger partial charge in [-0.15, -0.1) is 0 Å². The second-order valence-corrected chi connectivity index (χ2v) is 15.4. The van der Waals surface area contributed by atoms with Gasteiger partial charge in [0.2, 0.25) is 11.8 Å². The summed E-state index contributed by atoms with van der Waals surface area (Å²) in [6, 6.07) is 7.47. The number of carbonyl (C=O) groups excluding carboxylic acids is 2. The molecule has 1 aromatic heterocycles. The molecule has 4 N–H and O–H groups in total. The lowest BCUT2D eigenvalue weighted by molar-refractivity contribution is -0.133. The van der Waals surface area contributed by atoms with Crippen molar-refractivity contribution in [2.45, 2.75) is 55.6 Å². The minimum Gasteiger partial charge on any atom is -0.483 e. The fraction of sp³-hybridized carbons (Fsp3) is 0.513. The number of anilines is 2. The Bertz CT molecular complexity index is 1950. The van der Waals surface area contributed by atoms with E-state index in [9.17, 15) is 14.4 Å². The number of thioether (sulfide) groups is 1. The number of piperidine rings is 2. The molecule has 0 spiro atoms. The summed E-state index contributed by atoms with van der Waals surface area (Å²) in [7, 11) is 0. The van der Waals surface area contributed by atoms with Gasteiger partial charge in [0.25, 0.3) is 12.0 Å². The van der Waals surface area contributed by atoms with Crippen molar-refractivity contribution in [2.75, 3.05) is 75.8 Å². The summed E-state index contributed by atoms with van der Waals surface area (Å²) >= 11 is 1.75. The molecule has 4 aliphatic rings. The van der Waals surface area contributed by atoms with Crippen molar-refractivity contribution < 1.29 is 33.0 Å². The maximum Gasteiger partial charge on any atom is 0.290 e. The number of benzene rings is 2. The van der Waals surface area contributed by atoms with Crippen molar-refractivity contribution in [2.24, 2.45) is 5.92 Å². The van der Waals surface area contributed by atoms with Crippen LogP contribution in [-0.4, -0.2) is 120 Å². The Hall–Kier alpha value is -4.56. The summed E-state index contributed by atoms with van der Waals surface area (Å²) in [5.41, 5.74) is 1.49. The number of ether oxygens (including phenoxy) is 1. The third kappa shape index (κ3) is 11.0. The number of imide groups is 1. The molecule has 4 fully saturated rings. The van der Waals surface area contributed by atoms with Crippen LogP contribution in [0.4, 0.5) is 20.2 Å². The van der Waals surface area contributed by atoms with Gasteiger partial charge in [0.15, 0.2) is 0 Å². The second-order valence-electron chi connectivity index (χ2n) is 14.1. The van der Waals surface area contributed by atoms with E-state index in [4.69, 9.17) is 14.6 Å². The van der Waals surface area contributed by atoms with Gasteiger partial charge in [-0.05, 0) is 75.5 Å². The Morgan fingerprint density at radius 1 is 0.945 bits per heavy atom. The predicted molar refractivity (Wildman–Crippen MR) is 207 cm³/mol. The van der Waals surface area contributed by atoms with Gasteiger partial charge in [-0.1, -0.05) is 11.8 Å². The Balaban J connectivity index is 0.00000166. The molecule has 3 aromatic rings. The lowest BCUT2D eigenvalue weighted by Crippen LogP contribution is -2.49. The van der Waals surface area contributed by atoms with Crippen LogP contribution in [0.25, 0.3) is 10.9 Å². The first-order valence-corrected chi connectivity index (χ1v) is 19.8. The van der Waals surface area contributed by atoms with Gasteiger partial charge in [0.05, 0.1) is 17.0 Å². The maximum atomic E-state index is 15.1. The molecule has 1 atom stereocenters. The smallest absolute Gasteiger partial charge is 0.290 e. The number of piperazine rings is 1. The highest BCUT2D eigenvalue weighted by Gasteiger charge is 2.27. The van der Waals surface area contributed by atoms with Crippen LogP contribution in [0, 0.1) is 29.4 Å². The van der Waals surface area contributed by atoms with Gasteiger partial charge in [0, 0.05) is 81.3 Å². The van der Waals surface area contributed by atoms with Gasteiger partial charge in [0.1, 0.15) is 28.9 Å². The molecule has 0 bridgehead atoms. The third-order valence-corrected chi connectivity index (χ3v) is 11.8. The van der Waals surface area contributed by atoms with Crippen LogP contribution in [-0.2, 0) is 24.9 Å². The number of carbonyl (C=O) groups is 3. The first-order valence-electron chi connectivity index (χ1n) is 18.8. The SMILES string of the molecule is O=C1CCC(Nc2ccc(N3CCN(CCN4CCC(C#Cc5cc(F)c6c(=O)[nH]c(CSC7CCOCC7)nc6c5)CC4)CC3)c(F)c2)C(=O)N1.O=CO. The van der Waals surface area contributed by atoms with E-state index in [0.717, 1.165) is 91.3 Å². The Kier molecular flexibility index (Phi) is 14.1. The van der Waals surface area contributed by atoms with Gasteiger partial charge < -0.3 is 29.9 Å². The molecule has 13 nitrogen and oxygen atoms in total. The van der Waals surface area contributed by atoms with Crippen molar-refractivity contribution in [3.05, 3.63) is 63.7 Å². The molecular weight excluding hydrogens is 733 g/mol. The fourth-order valence-corrected chi connectivity index (χ4v) is 8.38. The quantitative estimate of drug-likeness (QED) is 0.143. The van der Waals surface area contributed by atoms with Crippen LogP contribution in [0.2, 0.25) is 0 Å². The number of H-pyrrole nitrogens is 1.